The Morgan fingerprint density at radius 1 is 1.12 bits per heavy atom. The number of benzene rings is 1. The van der Waals surface area contributed by atoms with Crippen LogP contribution in [0.15, 0.2) is 42.5 Å². The first-order valence-electron chi connectivity index (χ1n) is 10.4. The van der Waals surface area contributed by atoms with E-state index in [4.69, 9.17) is 0 Å². The van der Waals surface area contributed by atoms with E-state index in [2.05, 4.69) is 25.5 Å². The smallest absolute Gasteiger partial charge is 0.373 e. The van der Waals surface area contributed by atoms with Gasteiger partial charge < -0.3 is 15.1 Å². The Balaban J connectivity index is 1.29. The van der Waals surface area contributed by atoms with Gasteiger partial charge in [0.05, 0.1) is 0 Å². The molecule has 0 aliphatic carbocycles. The van der Waals surface area contributed by atoms with Gasteiger partial charge in [0.2, 0.25) is 5.91 Å². The molecule has 0 atom stereocenters. The first-order valence-corrected chi connectivity index (χ1v) is 10.4. The molecule has 4 rings (SSSR count). The molecule has 1 aliphatic heterocycles. The first-order chi connectivity index (χ1) is 15.3. The molecule has 1 amide bonds. The van der Waals surface area contributed by atoms with E-state index < -0.39 is 12.0 Å². The molecule has 1 saturated heterocycles. The second-order valence-electron chi connectivity index (χ2n) is 7.79. The third-order valence-corrected chi connectivity index (χ3v) is 5.64. The quantitative estimate of drug-likeness (QED) is 0.626. The standard InChI is InChI=1S/C21H24F3N7O/c1-29(16-5-3-2-4-6-16)14-11-25-19(32)15-9-12-30(13-10-15)18-8-7-17-26-27-20(21(22,23)24)31(17)28-18/h2-8,15H,9-14H2,1H3,(H,25,32). The highest BCUT2D eigenvalue weighted by atomic mass is 19.4. The van der Waals surface area contributed by atoms with E-state index in [1.54, 1.807) is 6.07 Å². The summed E-state index contributed by atoms with van der Waals surface area (Å²) in [5.41, 5.74) is 1.12. The first kappa shape index (κ1) is 21.8. The van der Waals surface area contributed by atoms with E-state index in [0.29, 0.717) is 44.8 Å². The Hall–Kier alpha value is -3.37. The van der Waals surface area contributed by atoms with E-state index in [9.17, 15) is 18.0 Å². The molecule has 3 aromatic rings. The molecule has 1 N–H and O–H groups in total. The number of carbonyl (C=O) groups excluding carboxylic acids is 1. The highest BCUT2D eigenvalue weighted by Crippen LogP contribution is 2.28. The second-order valence-corrected chi connectivity index (χ2v) is 7.79. The van der Waals surface area contributed by atoms with Crippen molar-refractivity contribution in [2.24, 2.45) is 5.92 Å². The highest BCUT2D eigenvalue weighted by Gasteiger charge is 2.38. The van der Waals surface area contributed by atoms with Crippen LogP contribution in [0.25, 0.3) is 5.65 Å². The van der Waals surface area contributed by atoms with Crippen LogP contribution in [-0.2, 0) is 11.0 Å². The fourth-order valence-corrected chi connectivity index (χ4v) is 3.80. The monoisotopic (exact) mass is 447 g/mol. The number of hydrogen-bond donors (Lipinski definition) is 1. The van der Waals surface area contributed by atoms with Crippen molar-refractivity contribution in [3.63, 3.8) is 0 Å². The minimum atomic E-state index is -4.63. The Labute approximate surface area is 183 Å². The SMILES string of the molecule is CN(CCNC(=O)C1CCN(c2ccc3nnc(C(F)(F)F)n3n2)CC1)c1ccccc1. The van der Waals surface area contributed by atoms with Crippen LogP contribution in [0.1, 0.15) is 18.7 Å². The van der Waals surface area contributed by atoms with Gasteiger partial charge in [-0.3, -0.25) is 4.79 Å². The number of aromatic nitrogens is 4. The lowest BCUT2D eigenvalue weighted by molar-refractivity contribution is -0.146. The minimum absolute atomic E-state index is 0.00712. The van der Waals surface area contributed by atoms with Crippen molar-refractivity contribution in [1.82, 2.24) is 25.1 Å². The number of carbonyl (C=O) groups is 1. The molecular formula is C21H24F3N7O. The van der Waals surface area contributed by atoms with Gasteiger partial charge in [0.15, 0.2) is 5.65 Å². The van der Waals surface area contributed by atoms with Gasteiger partial charge in [-0.05, 0) is 37.1 Å². The van der Waals surface area contributed by atoms with E-state index in [1.807, 2.05) is 42.3 Å². The lowest BCUT2D eigenvalue weighted by Crippen LogP contribution is -2.42. The third-order valence-electron chi connectivity index (χ3n) is 5.64. The van der Waals surface area contributed by atoms with E-state index in [1.165, 1.54) is 6.07 Å². The van der Waals surface area contributed by atoms with E-state index >= 15 is 0 Å². The van der Waals surface area contributed by atoms with Crippen LogP contribution < -0.4 is 15.1 Å². The molecule has 0 unspecified atom stereocenters. The maximum Gasteiger partial charge on any atom is 0.453 e. The zero-order valence-corrected chi connectivity index (χ0v) is 17.6. The summed E-state index contributed by atoms with van der Waals surface area (Å²) in [6, 6.07) is 13.0. The molecule has 2 aromatic heterocycles. The number of amides is 1. The van der Waals surface area contributed by atoms with Crippen molar-refractivity contribution in [2.75, 3.05) is 43.0 Å². The molecule has 0 saturated carbocycles. The van der Waals surface area contributed by atoms with Crippen LogP contribution >= 0.6 is 0 Å². The third kappa shape index (κ3) is 4.76. The number of nitrogens with one attached hydrogen (secondary N) is 1. The number of anilines is 2. The molecule has 0 spiro atoms. The van der Waals surface area contributed by atoms with Gasteiger partial charge in [-0.1, -0.05) is 18.2 Å². The van der Waals surface area contributed by atoms with Crippen LogP contribution in [0, 0.1) is 5.92 Å². The normalized spacial score (nSPS) is 15.2. The summed E-state index contributed by atoms with van der Waals surface area (Å²) >= 11 is 0. The van der Waals surface area contributed by atoms with E-state index in [0.717, 1.165) is 10.2 Å². The Kier molecular flexibility index (Phi) is 6.15. The topological polar surface area (TPSA) is 78.7 Å². The number of para-hydroxylation sites is 1. The summed E-state index contributed by atoms with van der Waals surface area (Å²) in [6.07, 6.45) is -3.42. The maximum absolute atomic E-state index is 13.1. The average molecular weight is 447 g/mol. The molecule has 1 fully saturated rings. The summed E-state index contributed by atoms with van der Waals surface area (Å²) in [5, 5.41) is 13.8. The lowest BCUT2D eigenvalue weighted by atomic mass is 9.96. The predicted molar refractivity (Wildman–Crippen MR) is 113 cm³/mol. The predicted octanol–water partition coefficient (Wildman–Crippen LogP) is 2.61. The Bertz CT molecular complexity index is 1060. The van der Waals surface area contributed by atoms with E-state index in [-0.39, 0.29) is 17.5 Å². The number of alkyl halides is 3. The zero-order chi connectivity index (χ0) is 22.7. The Morgan fingerprint density at radius 2 is 1.84 bits per heavy atom. The number of fused-ring (bicyclic) bond motifs is 1. The molecule has 0 bridgehead atoms. The molecule has 32 heavy (non-hydrogen) atoms. The van der Waals surface area contributed by atoms with Gasteiger partial charge in [-0.25, -0.2) is 0 Å². The average Bonchev–Trinajstić information content (AvgIpc) is 3.23. The van der Waals surface area contributed by atoms with Crippen molar-refractivity contribution in [2.45, 2.75) is 19.0 Å². The van der Waals surface area contributed by atoms with Gasteiger partial charge in [0.25, 0.3) is 5.82 Å². The van der Waals surface area contributed by atoms with Gasteiger partial charge in [-0.2, -0.15) is 17.7 Å². The molecule has 0 radical (unpaired) electrons. The highest BCUT2D eigenvalue weighted by molar-refractivity contribution is 5.79. The van der Waals surface area contributed by atoms with Crippen LogP contribution in [0.2, 0.25) is 0 Å². The van der Waals surface area contributed by atoms with Crippen LogP contribution in [0.3, 0.4) is 0 Å². The van der Waals surface area contributed by atoms with Gasteiger partial charge in [0.1, 0.15) is 5.82 Å². The van der Waals surface area contributed by atoms with Crippen LogP contribution in [-0.4, -0.2) is 58.9 Å². The van der Waals surface area contributed by atoms with Crippen LogP contribution in [0.4, 0.5) is 24.7 Å². The van der Waals surface area contributed by atoms with Gasteiger partial charge in [-0.15, -0.1) is 15.3 Å². The van der Waals surface area contributed by atoms with Crippen molar-refractivity contribution >= 4 is 23.1 Å². The summed E-state index contributed by atoms with van der Waals surface area (Å²) in [5.74, 6) is -0.861. The molecule has 3 heterocycles. The largest absolute Gasteiger partial charge is 0.453 e. The molecule has 1 aliphatic rings. The number of likely N-dealkylation sites (N-methyl/N-ethyl adjacent to an activating group) is 1. The molecule has 170 valence electrons. The van der Waals surface area contributed by atoms with Crippen LogP contribution in [0.5, 0.6) is 0 Å². The van der Waals surface area contributed by atoms with Crippen molar-refractivity contribution in [1.29, 1.82) is 0 Å². The zero-order valence-electron chi connectivity index (χ0n) is 17.6. The van der Waals surface area contributed by atoms with Gasteiger partial charge >= 0.3 is 6.18 Å². The van der Waals surface area contributed by atoms with Crippen molar-refractivity contribution < 1.29 is 18.0 Å². The molecule has 11 heteroatoms. The second kappa shape index (κ2) is 9.01. The fourth-order valence-electron chi connectivity index (χ4n) is 3.80. The minimum Gasteiger partial charge on any atom is -0.373 e. The summed E-state index contributed by atoms with van der Waals surface area (Å²) in [6.45, 7) is 2.30. The molecule has 1 aromatic carbocycles. The molecule has 8 nitrogen and oxygen atoms in total. The summed E-state index contributed by atoms with van der Waals surface area (Å²) < 4.78 is 40.0. The number of hydrogen-bond acceptors (Lipinski definition) is 6. The molecular weight excluding hydrogens is 423 g/mol. The number of nitrogens with zero attached hydrogens (tertiary/aromatic N) is 6. The number of halogens is 3. The summed E-state index contributed by atoms with van der Waals surface area (Å²) in [4.78, 5) is 16.5. The number of piperidine rings is 1. The van der Waals surface area contributed by atoms with Crippen molar-refractivity contribution in [3.8, 4) is 0 Å². The maximum atomic E-state index is 13.1. The Morgan fingerprint density at radius 3 is 2.53 bits per heavy atom. The lowest BCUT2D eigenvalue weighted by Gasteiger charge is -2.32. The fraction of sp³-hybridized carbons (Fsp3) is 0.429. The van der Waals surface area contributed by atoms with Gasteiger partial charge in [0, 0.05) is 44.8 Å². The number of rotatable bonds is 6. The van der Waals surface area contributed by atoms with Crippen molar-refractivity contribution in [3.05, 3.63) is 48.3 Å². The summed E-state index contributed by atoms with van der Waals surface area (Å²) in [7, 11) is 1.98.